The molecule has 3 aromatic rings. The molecular weight excluding hydrogens is 338 g/mol. The van der Waals surface area contributed by atoms with E-state index in [0.29, 0.717) is 18.1 Å². The zero-order valence-electron chi connectivity index (χ0n) is 13.8. The topological polar surface area (TPSA) is 85.1 Å². The van der Waals surface area contributed by atoms with Crippen molar-refractivity contribution in [1.29, 1.82) is 0 Å². The second-order valence-electron chi connectivity index (χ2n) is 5.71. The Balaban J connectivity index is 1.56. The number of sulfonamides is 1. The first kappa shape index (κ1) is 17.3. The molecule has 0 spiro atoms. The molecular formula is C18H19N3O3S. The average Bonchev–Trinajstić information content (AvgIpc) is 3.06. The third kappa shape index (κ3) is 4.74. The maximum absolute atomic E-state index is 12.2. The number of hydrogen-bond acceptors (Lipinski definition) is 5. The molecule has 0 atom stereocenters. The maximum Gasteiger partial charge on any atom is 0.228 e. The van der Waals surface area contributed by atoms with Gasteiger partial charge in [0.15, 0.2) is 0 Å². The first-order valence-corrected chi connectivity index (χ1v) is 9.58. The minimum Gasteiger partial charge on any atom is -0.339 e. The minimum atomic E-state index is -3.41. The summed E-state index contributed by atoms with van der Waals surface area (Å²) < 4.78 is 32.1. The Labute approximate surface area is 147 Å². The van der Waals surface area contributed by atoms with E-state index in [0.717, 1.165) is 16.7 Å². The van der Waals surface area contributed by atoms with Gasteiger partial charge in [0.25, 0.3) is 0 Å². The van der Waals surface area contributed by atoms with E-state index in [4.69, 9.17) is 4.52 Å². The zero-order chi connectivity index (χ0) is 17.7. The van der Waals surface area contributed by atoms with Crippen LogP contribution < -0.4 is 4.72 Å². The normalized spacial score (nSPS) is 11.6. The summed E-state index contributed by atoms with van der Waals surface area (Å²) in [5.74, 6) is 0.856. The molecule has 2 aromatic carbocycles. The van der Waals surface area contributed by atoms with Crippen molar-refractivity contribution in [2.45, 2.75) is 19.1 Å². The average molecular weight is 357 g/mol. The largest absolute Gasteiger partial charge is 0.339 e. The van der Waals surface area contributed by atoms with Gasteiger partial charge < -0.3 is 4.52 Å². The van der Waals surface area contributed by atoms with Gasteiger partial charge in [0, 0.05) is 18.5 Å². The van der Waals surface area contributed by atoms with Crippen molar-refractivity contribution in [3.05, 3.63) is 71.6 Å². The standard InChI is InChI=1S/C18H19N3O3S/c1-14-7-5-6-10-16(14)13-25(22,23)19-12-11-17-20-18(21-24-17)15-8-3-2-4-9-15/h2-10,19H,11-13H2,1H3. The van der Waals surface area contributed by atoms with Gasteiger partial charge in [0.1, 0.15) is 0 Å². The molecule has 0 radical (unpaired) electrons. The summed E-state index contributed by atoms with van der Waals surface area (Å²) in [5.41, 5.74) is 2.61. The Morgan fingerprint density at radius 2 is 1.76 bits per heavy atom. The quantitative estimate of drug-likeness (QED) is 0.703. The fourth-order valence-corrected chi connectivity index (χ4v) is 3.65. The van der Waals surface area contributed by atoms with Crippen LogP contribution in [0.2, 0.25) is 0 Å². The molecule has 0 aliphatic rings. The smallest absolute Gasteiger partial charge is 0.228 e. The molecule has 6 nitrogen and oxygen atoms in total. The monoisotopic (exact) mass is 357 g/mol. The van der Waals surface area contributed by atoms with Crippen LogP contribution in [0, 0.1) is 6.92 Å². The SMILES string of the molecule is Cc1ccccc1CS(=O)(=O)NCCc1nc(-c2ccccc2)no1. The summed E-state index contributed by atoms with van der Waals surface area (Å²) in [6.07, 6.45) is 0.340. The van der Waals surface area contributed by atoms with Crippen molar-refractivity contribution in [1.82, 2.24) is 14.9 Å². The number of benzene rings is 2. The van der Waals surface area contributed by atoms with Gasteiger partial charge in [-0.2, -0.15) is 4.98 Å². The van der Waals surface area contributed by atoms with E-state index in [-0.39, 0.29) is 12.3 Å². The van der Waals surface area contributed by atoms with Crippen LogP contribution in [0.1, 0.15) is 17.0 Å². The predicted octanol–water partition coefficient (Wildman–Crippen LogP) is 2.71. The molecule has 25 heavy (non-hydrogen) atoms. The Kier molecular flexibility index (Phi) is 5.25. The van der Waals surface area contributed by atoms with Gasteiger partial charge in [-0.15, -0.1) is 0 Å². The van der Waals surface area contributed by atoms with Gasteiger partial charge in [-0.3, -0.25) is 0 Å². The van der Waals surface area contributed by atoms with Crippen LogP contribution in [-0.4, -0.2) is 25.1 Å². The van der Waals surface area contributed by atoms with Gasteiger partial charge in [0.05, 0.1) is 5.75 Å². The first-order valence-electron chi connectivity index (χ1n) is 7.93. The summed E-state index contributed by atoms with van der Waals surface area (Å²) >= 11 is 0. The highest BCUT2D eigenvalue weighted by atomic mass is 32.2. The molecule has 1 heterocycles. The highest BCUT2D eigenvalue weighted by molar-refractivity contribution is 7.88. The molecule has 0 amide bonds. The molecule has 0 unspecified atom stereocenters. The summed E-state index contributed by atoms with van der Waals surface area (Å²) in [7, 11) is -3.41. The lowest BCUT2D eigenvalue weighted by molar-refractivity contribution is 0.379. The highest BCUT2D eigenvalue weighted by Gasteiger charge is 2.14. The fourth-order valence-electron chi connectivity index (χ4n) is 2.40. The van der Waals surface area contributed by atoms with Crippen LogP contribution in [0.25, 0.3) is 11.4 Å². The summed E-state index contributed by atoms with van der Waals surface area (Å²) in [5, 5.41) is 3.92. The van der Waals surface area contributed by atoms with Crippen molar-refractivity contribution >= 4 is 10.0 Å². The molecule has 0 fully saturated rings. The van der Waals surface area contributed by atoms with E-state index >= 15 is 0 Å². The van der Waals surface area contributed by atoms with E-state index in [1.807, 2.05) is 61.5 Å². The number of nitrogens with zero attached hydrogens (tertiary/aromatic N) is 2. The third-order valence-corrected chi connectivity index (χ3v) is 5.10. The van der Waals surface area contributed by atoms with E-state index in [2.05, 4.69) is 14.9 Å². The van der Waals surface area contributed by atoms with Gasteiger partial charge in [-0.25, -0.2) is 13.1 Å². The van der Waals surface area contributed by atoms with Gasteiger partial charge >= 0.3 is 0 Å². The van der Waals surface area contributed by atoms with Crippen molar-refractivity contribution in [2.75, 3.05) is 6.54 Å². The molecule has 0 aliphatic heterocycles. The number of rotatable bonds is 7. The third-order valence-electron chi connectivity index (χ3n) is 3.77. The van der Waals surface area contributed by atoms with Gasteiger partial charge in [0.2, 0.25) is 21.7 Å². The van der Waals surface area contributed by atoms with Crippen LogP contribution in [0.3, 0.4) is 0 Å². The van der Waals surface area contributed by atoms with Crippen molar-refractivity contribution in [2.24, 2.45) is 0 Å². The Hall–Kier alpha value is -2.51. The molecule has 0 aliphatic carbocycles. The van der Waals surface area contributed by atoms with Gasteiger partial charge in [-0.05, 0) is 18.1 Å². The molecule has 3 rings (SSSR count). The number of nitrogens with one attached hydrogen (secondary N) is 1. The zero-order valence-corrected chi connectivity index (χ0v) is 14.7. The molecule has 1 N–H and O–H groups in total. The molecule has 1 aromatic heterocycles. The summed E-state index contributed by atoms with van der Waals surface area (Å²) in [6.45, 7) is 2.11. The van der Waals surface area contributed by atoms with Gasteiger partial charge in [-0.1, -0.05) is 59.8 Å². The summed E-state index contributed by atoms with van der Waals surface area (Å²) in [4.78, 5) is 4.29. The number of aromatic nitrogens is 2. The Morgan fingerprint density at radius 3 is 2.52 bits per heavy atom. The van der Waals surface area contributed by atoms with Crippen molar-refractivity contribution in [3.8, 4) is 11.4 Å². The van der Waals surface area contributed by atoms with E-state index < -0.39 is 10.0 Å². The van der Waals surface area contributed by atoms with Crippen molar-refractivity contribution in [3.63, 3.8) is 0 Å². The lowest BCUT2D eigenvalue weighted by Gasteiger charge is -2.07. The van der Waals surface area contributed by atoms with Crippen LogP contribution in [0.5, 0.6) is 0 Å². The Bertz CT molecular complexity index is 937. The molecule has 130 valence electrons. The van der Waals surface area contributed by atoms with Crippen LogP contribution in [0.15, 0.2) is 59.1 Å². The fraction of sp³-hybridized carbons (Fsp3) is 0.222. The second kappa shape index (κ2) is 7.58. The minimum absolute atomic E-state index is 0.0429. The first-order chi connectivity index (χ1) is 12.0. The number of hydrogen-bond donors (Lipinski definition) is 1. The molecule has 0 saturated heterocycles. The lowest BCUT2D eigenvalue weighted by Crippen LogP contribution is -2.27. The van der Waals surface area contributed by atoms with E-state index in [1.54, 1.807) is 0 Å². The molecule has 0 saturated carbocycles. The molecule has 7 heteroatoms. The Morgan fingerprint density at radius 1 is 1.04 bits per heavy atom. The highest BCUT2D eigenvalue weighted by Crippen LogP contribution is 2.15. The second-order valence-corrected chi connectivity index (χ2v) is 7.51. The predicted molar refractivity (Wildman–Crippen MR) is 95.2 cm³/mol. The van der Waals surface area contributed by atoms with Crippen molar-refractivity contribution < 1.29 is 12.9 Å². The van der Waals surface area contributed by atoms with Crippen LogP contribution >= 0.6 is 0 Å². The number of aryl methyl sites for hydroxylation is 1. The van der Waals surface area contributed by atoms with E-state index in [9.17, 15) is 8.42 Å². The van der Waals surface area contributed by atoms with E-state index in [1.165, 1.54) is 0 Å². The van der Waals surface area contributed by atoms with Crippen LogP contribution in [-0.2, 0) is 22.2 Å². The lowest BCUT2D eigenvalue weighted by atomic mass is 10.1. The maximum atomic E-state index is 12.2. The van der Waals surface area contributed by atoms with Crippen LogP contribution in [0.4, 0.5) is 0 Å². The summed E-state index contributed by atoms with van der Waals surface area (Å²) in [6, 6.07) is 16.9. The molecule has 0 bridgehead atoms.